The Balaban J connectivity index is 2.03. The monoisotopic (exact) mass is 234 g/mol. The van der Waals surface area contributed by atoms with E-state index in [1.807, 2.05) is 19.9 Å². The first-order valence-electron chi connectivity index (χ1n) is 6.01. The van der Waals surface area contributed by atoms with Crippen molar-refractivity contribution < 1.29 is 9.53 Å². The van der Waals surface area contributed by atoms with Gasteiger partial charge in [-0.3, -0.25) is 9.78 Å². The standard InChI is InChI=1S/C13H18N2O2/c1-9-5-6-14-8-12(9)15-13(16)11-4-3-7-17-10(11)2/h5-6,8,10-11H,3-4,7H2,1-2H3,(H,15,16)/t10-,11-/m1/s1. The van der Waals surface area contributed by atoms with Gasteiger partial charge in [-0.2, -0.15) is 0 Å². The molecule has 0 aliphatic carbocycles. The van der Waals surface area contributed by atoms with E-state index in [-0.39, 0.29) is 17.9 Å². The van der Waals surface area contributed by atoms with E-state index < -0.39 is 0 Å². The Hall–Kier alpha value is -1.42. The number of anilines is 1. The average molecular weight is 234 g/mol. The van der Waals surface area contributed by atoms with Gasteiger partial charge < -0.3 is 10.1 Å². The van der Waals surface area contributed by atoms with Crippen molar-refractivity contribution in [3.63, 3.8) is 0 Å². The average Bonchev–Trinajstić information content (AvgIpc) is 2.32. The summed E-state index contributed by atoms with van der Waals surface area (Å²) in [4.78, 5) is 16.1. The minimum Gasteiger partial charge on any atom is -0.378 e. The molecule has 1 saturated heterocycles. The maximum Gasteiger partial charge on any atom is 0.230 e. The van der Waals surface area contributed by atoms with Crippen LogP contribution in [0.3, 0.4) is 0 Å². The predicted molar refractivity (Wildman–Crippen MR) is 65.7 cm³/mol. The highest BCUT2D eigenvalue weighted by Gasteiger charge is 2.28. The molecule has 2 heterocycles. The first-order valence-corrected chi connectivity index (χ1v) is 6.01. The second kappa shape index (κ2) is 5.27. The minimum atomic E-state index is -0.0524. The summed E-state index contributed by atoms with van der Waals surface area (Å²) in [5, 5.41) is 2.93. The third kappa shape index (κ3) is 2.82. The van der Waals surface area contributed by atoms with Gasteiger partial charge in [-0.05, 0) is 38.3 Å². The van der Waals surface area contributed by atoms with E-state index in [2.05, 4.69) is 10.3 Å². The summed E-state index contributed by atoms with van der Waals surface area (Å²) >= 11 is 0. The maximum atomic E-state index is 12.1. The molecule has 0 radical (unpaired) electrons. The van der Waals surface area contributed by atoms with Crippen LogP contribution in [0.25, 0.3) is 0 Å². The van der Waals surface area contributed by atoms with Gasteiger partial charge in [0.25, 0.3) is 0 Å². The summed E-state index contributed by atoms with van der Waals surface area (Å²) < 4.78 is 5.50. The van der Waals surface area contributed by atoms with Gasteiger partial charge in [0, 0.05) is 12.8 Å². The molecule has 4 nitrogen and oxygen atoms in total. The molecule has 1 fully saturated rings. The topological polar surface area (TPSA) is 51.2 Å². The molecule has 0 bridgehead atoms. The van der Waals surface area contributed by atoms with Crippen LogP contribution in [0.15, 0.2) is 18.5 Å². The largest absolute Gasteiger partial charge is 0.378 e. The lowest BCUT2D eigenvalue weighted by atomic mass is 9.94. The van der Waals surface area contributed by atoms with Gasteiger partial charge in [0.2, 0.25) is 5.91 Å². The Bertz CT molecular complexity index is 406. The Kier molecular flexibility index (Phi) is 3.74. The number of rotatable bonds is 2. The molecule has 17 heavy (non-hydrogen) atoms. The zero-order valence-corrected chi connectivity index (χ0v) is 10.3. The van der Waals surface area contributed by atoms with E-state index in [0.717, 1.165) is 30.7 Å². The first-order chi connectivity index (χ1) is 8.18. The van der Waals surface area contributed by atoms with E-state index in [0.29, 0.717) is 0 Å². The summed E-state index contributed by atoms with van der Waals surface area (Å²) in [5.41, 5.74) is 1.81. The van der Waals surface area contributed by atoms with Crippen LogP contribution in [0.1, 0.15) is 25.3 Å². The fraction of sp³-hybridized carbons (Fsp3) is 0.538. The molecule has 1 N–H and O–H groups in total. The zero-order chi connectivity index (χ0) is 12.3. The number of ether oxygens (including phenoxy) is 1. The molecular formula is C13H18N2O2. The van der Waals surface area contributed by atoms with Crippen LogP contribution in [0.5, 0.6) is 0 Å². The van der Waals surface area contributed by atoms with E-state index in [9.17, 15) is 4.79 Å². The molecule has 1 aromatic heterocycles. The lowest BCUT2D eigenvalue weighted by Crippen LogP contribution is -2.36. The second-order valence-corrected chi connectivity index (χ2v) is 4.50. The molecule has 0 unspecified atom stereocenters. The molecule has 1 aliphatic rings. The van der Waals surface area contributed by atoms with Gasteiger partial charge in [0.1, 0.15) is 0 Å². The molecule has 0 spiro atoms. The number of amides is 1. The SMILES string of the molecule is Cc1ccncc1NC(=O)[C@@H]1CCCO[C@@H]1C. The summed E-state index contributed by atoms with van der Waals surface area (Å²) in [6, 6.07) is 1.89. The number of carbonyl (C=O) groups excluding carboxylic acids is 1. The summed E-state index contributed by atoms with van der Waals surface area (Å²) in [7, 11) is 0. The van der Waals surface area contributed by atoms with Gasteiger partial charge in [0.05, 0.1) is 23.9 Å². The summed E-state index contributed by atoms with van der Waals surface area (Å²) in [6.07, 6.45) is 5.25. The van der Waals surface area contributed by atoms with Crippen LogP contribution < -0.4 is 5.32 Å². The summed E-state index contributed by atoms with van der Waals surface area (Å²) in [5.74, 6) is -0.0170. The quantitative estimate of drug-likeness (QED) is 0.853. The third-order valence-corrected chi connectivity index (χ3v) is 3.24. The highest BCUT2D eigenvalue weighted by Crippen LogP contribution is 2.22. The van der Waals surface area contributed by atoms with Crippen LogP contribution in [0, 0.1) is 12.8 Å². The fourth-order valence-corrected chi connectivity index (χ4v) is 2.09. The normalized spacial score (nSPS) is 24.4. The molecule has 2 rings (SSSR count). The Morgan fingerprint density at radius 2 is 2.41 bits per heavy atom. The van der Waals surface area contributed by atoms with Crippen LogP contribution >= 0.6 is 0 Å². The van der Waals surface area contributed by atoms with Gasteiger partial charge >= 0.3 is 0 Å². The second-order valence-electron chi connectivity index (χ2n) is 4.50. The molecule has 2 atom stereocenters. The summed E-state index contributed by atoms with van der Waals surface area (Å²) in [6.45, 7) is 4.68. The van der Waals surface area contributed by atoms with Crippen molar-refractivity contribution in [2.75, 3.05) is 11.9 Å². The van der Waals surface area contributed by atoms with Gasteiger partial charge in [-0.1, -0.05) is 0 Å². The lowest BCUT2D eigenvalue weighted by molar-refractivity contribution is -0.127. The van der Waals surface area contributed by atoms with E-state index in [4.69, 9.17) is 4.74 Å². The molecular weight excluding hydrogens is 216 g/mol. The molecule has 92 valence electrons. The van der Waals surface area contributed by atoms with Crippen molar-refractivity contribution in [1.82, 2.24) is 4.98 Å². The van der Waals surface area contributed by atoms with Crippen LogP contribution in [-0.2, 0) is 9.53 Å². The Morgan fingerprint density at radius 3 is 3.12 bits per heavy atom. The minimum absolute atomic E-state index is 0.000674. The molecule has 4 heteroatoms. The number of nitrogens with zero attached hydrogens (tertiary/aromatic N) is 1. The van der Waals surface area contributed by atoms with E-state index >= 15 is 0 Å². The van der Waals surface area contributed by atoms with Gasteiger partial charge in [-0.15, -0.1) is 0 Å². The third-order valence-electron chi connectivity index (χ3n) is 3.24. The zero-order valence-electron chi connectivity index (χ0n) is 10.3. The van der Waals surface area contributed by atoms with Crippen molar-refractivity contribution in [3.8, 4) is 0 Å². The van der Waals surface area contributed by atoms with Crippen LogP contribution in [0.4, 0.5) is 5.69 Å². The van der Waals surface area contributed by atoms with Crippen molar-refractivity contribution in [2.24, 2.45) is 5.92 Å². The number of carbonyl (C=O) groups is 1. The molecule has 0 aromatic carbocycles. The Morgan fingerprint density at radius 1 is 1.59 bits per heavy atom. The fourth-order valence-electron chi connectivity index (χ4n) is 2.09. The number of nitrogens with one attached hydrogen (secondary N) is 1. The van der Waals surface area contributed by atoms with E-state index in [1.54, 1.807) is 12.4 Å². The highest BCUT2D eigenvalue weighted by atomic mass is 16.5. The number of aromatic nitrogens is 1. The van der Waals surface area contributed by atoms with E-state index in [1.165, 1.54) is 0 Å². The predicted octanol–water partition coefficient (Wildman–Crippen LogP) is 2.14. The van der Waals surface area contributed by atoms with Crippen molar-refractivity contribution in [2.45, 2.75) is 32.8 Å². The van der Waals surface area contributed by atoms with Gasteiger partial charge in [-0.25, -0.2) is 0 Å². The van der Waals surface area contributed by atoms with Crippen LogP contribution in [-0.4, -0.2) is 23.6 Å². The highest BCUT2D eigenvalue weighted by molar-refractivity contribution is 5.93. The van der Waals surface area contributed by atoms with Crippen molar-refractivity contribution >= 4 is 11.6 Å². The van der Waals surface area contributed by atoms with Crippen molar-refractivity contribution in [3.05, 3.63) is 24.0 Å². The first kappa shape index (κ1) is 12.0. The number of hydrogen-bond acceptors (Lipinski definition) is 3. The smallest absolute Gasteiger partial charge is 0.230 e. The number of aryl methyl sites for hydroxylation is 1. The maximum absolute atomic E-state index is 12.1. The molecule has 1 aliphatic heterocycles. The molecule has 1 amide bonds. The van der Waals surface area contributed by atoms with Crippen LogP contribution in [0.2, 0.25) is 0 Å². The molecule has 0 saturated carbocycles. The molecule has 1 aromatic rings. The number of pyridine rings is 1. The lowest BCUT2D eigenvalue weighted by Gasteiger charge is -2.28. The van der Waals surface area contributed by atoms with Gasteiger partial charge in [0.15, 0.2) is 0 Å². The number of hydrogen-bond donors (Lipinski definition) is 1. The van der Waals surface area contributed by atoms with Crippen molar-refractivity contribution in [1.29, 1.82) is 0 Å². The Labute approximate surface area is 101 Å².